The summed E-state index contributed by atoms with van der Waals surface area (Å²) < 4.78 is 10.6. The Morgan fingerprint density at radius 3 is 2.33 bits per heavy atom. The van der Waals surface area contributed by atoms with Gasteiger partial charge in [0.05, 0.1) is 13.2 Å². The van der Waals surface area contributed by atoms with E-state index < -0.39 is 17.4 Å². The van der Waals surface area contributed by atoms with E-state index in [0.29, 0.717) is 17.9 Å². The molecule has 1 atom stereocenters. The van der Waals surface area contributed by atoms with E-state index in [-0.39, 0.29) is 19.1 Å². The Labute approximate surface area is 167 Å². The molecule has 0 aromatic heterocycles. The molecule has 0 aliphatic heterocycles. The molecule has 2 rings (SSSR count). The van der Waals surface area contributed by atoms with Crippen molar-refractivity contribution in [1.29, 1.82) is 0 Å². The van der Waals surface area contributed by atoms with Crippen molar-refractivity contribution < 1.29 is 19.1 Å². The Kier molecular flexibility index (Phi) is 8.15. The van der Waals surface area contributed by atoms with E-state index >= 15 is 0 Å². The summed E-state index contributed by atoms with van der Waals surface area (Å²) in [5.74, 6) is -0.844. The molecule has 5 heteroatoms. The van der Waals surface area contributed by atoms with E-state index in [1.54, 1.807) is 13.8 Å². The highest BCUT2D eigenvalue weighted by molar-refractivity contribution is 6.30. The zero-order valence-electron chi connectivity index (χ0n) is 16.7. The second-order valence-corrected chi connectivity index (χ2v) is 7.73. The number of fused-ring (bicyclic) bond motifs is 1. The Morgan fingerprint density at radius 2 is 1.74 bits per heavy atom. The number of rotatable bonds is 9. The van der Waals surface area contributed by atoms with Gasteiger partial charge in [-0.05, 0) is 62.3 Å². The Morgan fingerprint density at radius 1 is 1.07 bits per heavy atom. The molecule has 1 aromatic rings. The van der Waals surface area contributed by atoms with Crippen molar-refractivity contribution in [2.45, 2.75) is 71.6 Å². The molecule has 0 spiro atoms. The first-order valence-electron chi connectivity index (χ1n) is 10.1. The standard InChI is InChI=1S/C22H31ClO4/c1-4-7-8-9-10-16-14-22(20(24)26-5-2,21(25)27-6-3)15-17-11-12-18(23)13-19(16)17/h11-13,16H,4-10,14-15H2,1-3H3/t16-/m1/s1. The monoisotopic (exact) mass is 394 g/mol. The molecule has 0 heterocycles. The summed E-state index contributed by atoms with van der Waals surface area (Å²) in [4.78, 5) is 25.8. The summed E-state index contributed by atoms with van der Waals surface area (Å²) in [6, 6.07) is 5.74. The summed E-state index contributed by atoms with van der Waals surface area (Å²) in [5, 5.41) is 0.687. The maximum absolute atomic E-state index is 12.9. The Bertz CT molecular complexity index is 638. The lowest BCUT2D eigenvalue weighted by Gasteiger charge is -2.38. The summed E-state index contributed by atoms with van der Waals surface area (Å²) >= 11 is 6.24. The molecule has 0 fully saturated rings. The molecule has 1 aliphatic rings. The lowest BCUT2D eigenvalue weighted by Crippen LogP contribution is -2.47. The largest absolute Gasteiger partial charge is 0.465 e. The number of carbonyl (C=O) groups excluding carboxylic acids is 2. The molecule has 0 saturated carbocycles. The van der Waals surface area contributed by atoms with Gasteiger partial charge in [-0.15, -0.1) is 0 Å². The normalized spacial score (nSPS) is 17.9. The van der Waals surface area contributed by atoms with Crippen LogP contribution < -0.4 is 0 Å². The van der Waals surface area contributed by atoms with Gasteiger partial charge >= 0.3 is 11.9 Å². The summed E-state index contributed by atoms with van der Waals surface area (Å²) in [6.07, 6.45) is 6.22. The molecule has 0 bridgehead atoms. The van der Waals surface area contributed by atoms with Crippen molar-refractivity contribution in [3.05, 3.63) is 34.3 Å². The van der Waals surface area contributed by atoms with Crippen molar-refractivity contribution in [2.24, 2.45) is 5.41 Å². The fourth-order valence-electron chi connectivity index (χ4n) is 4.04. The zero-order valence-corrected chi connectivity index (χ0v) is 17.4. The topological polar surface area (TPSA) is 52.6 Å². The van der Waals surface area contributed by atoms with E-state index in [9.17, 15) is 9.59 Å². The van der Waals surface area contributed by atoms with Crippen LogP contribution in [0.15, 0.2) is 18.2 Å². The van der Waals surface area contributed by atoms with E-state index in [2.05, 4.69) is 6.92 Å². The van der Waals surface area contributed by atoms with Gasteiger partial charge in [0, 0.05) is 5.02 Å². The molecular weight excluding hydrogens is 364 g/mol. The number of unbranched alkanes of at least 4 members (excludes halogenated alkanes) is 3. The third kappa shape index (κ3) is 5.04. The van der Waals surface area contributed by atoms with Gasteiger partial charge in [-0.3, -0.25) is 9.59 Å². The molecule has 0 amide bonds. The number of hydrogen-bond acceptors (Lipinski definition) is 4. The van der Waals surface area contributed by atoms with Crippen LogP contribution in [-0.2, 0) is 25.5 Å². The molecule has 0 unspecified atom stereocenters. The maximum Gasteiger partial charge on any atom is 0.323 e. The fourth-order valence-corrected chi connectivity index (χ4v) is 4.22. The minimum atomic E-state index is -1.26. The van der Waals surface area contributed by atoms with Crippen molar-refractivity contribution in [2.75, 3.05) is 13.2 Å². The van der Waals surface area contributed by atoms with Crippen LogP contribution in [-0.4, -0.2) is 25.2 Å². The van der Waals surface area contributed by atoms with Crippen molar-refractivity contribution in [3.8, 4) is 0 Å². The van der Waals surface area contributed by atoms with Crippen LogP contribution in [0, 0.1) is 5.41 Å². The third-order valence-electron chi connectivity index (χ3n) is 5.37. The van der Waals surface area contributed by atoms with Gasteiger partial charge in [0.15, 0.2) is 5.41 Å². The molecule has 0 saturated heterocycles. The second-order valence-electron chi connectivity index (χ2n) is 7.29. The van der Waals surface area contributed by atoms with Crippen molar-refractivity contribution in [1.82, 2.24) is 0 Å². The van der Waals surface area contributed by atoms with Gasteiger partial charge < -0.3 is 9.47 Å². The smallest absolute Gasteiger partial charge is 0.323 e. The number of benzene rings is 1. The lowest BCUT2D eigenvalue weighted by atomic mass is 9.65. The molecular formula is C22H31ClO4. The van der Waals surface area contributed by atoms with Gasteiger partial charge in [-0.1, -0.05) is 50.3 Å². The first-order chi connectivity index (χ1) is 13.0. The van der Waals surface area contributed by atoms with Crippen LogP contribution in [0.2, 0.25) is 5.02 Å². The minimum Gasteiger partial charge on any atom is -0.465 e. The first kappa shape index (κ1) is 21.7. The van der Waals surface area contributed by atoms with Gasteiger partial charge in [-0.25, -0.2) is 0 Å². The quantitative estimate of drug-likeness (QED) is 0.317. The van der Waals surface area contributed by atoms with Crippen LogP contribution >= 0.6 is 11.6 Å². The van der Waals surface area contributed by atoms with E-state index in [1.807, 2.05) is 18.2 Å². The minimum absolute atomic E-state index is 0.0955. The molecule has 1 aromatic carbocycles. The van der Waals surface area contributed by atoms with Crippen LogP contribution in [0.3, 0.4) is 0 Å². The number of esters is 2. The Hall–Kier alpha value is -1.55. The van der Waals surface area contributed by atoms with E-state index in [4.69, 9.17) is 21.1 Å². The highest BCUT2D eigenvalue weighted by Crippen LogP contribution is 2.47. The maximum atomic E-state index is 12.9. The summed E-state index contributed by atoms with van der Waals surface area (Å²) in [5.41, 5.74) is 0.887. The third-order valence-corrected chi connectivity index (χ3v) is 5.61. The van der Waals surface area contributed by atoms with Gasteiger partial charge in [-0.2, -0.15) is 0 Å². The molecule has 0 N–H and O–H groups in total. The van der Waals surface area contributed by atoms with Crippen LogP contribution in [0.4, 0.5) is 0 Å². The molecule has 0 radical (unpaired) electrons. The second kappa shape index (κ2) is 10.1. The fraction of sp³-hybridized carbons (Fsp3) is 0.636. The van der Waals surface area contributed by atoms with E-state index in [0.717, 1.165) is 30.4 Å². The lowest BCUT2D eigenvalue weighted by molar-refractivity contribution is -0.173. The number of halogens is 1. The summed E-state index contributed by atoms with van der Waals surface area (Å²) in [7, 11) is 0. The van der Waals surface area contributed by atoms with Gasteiger partial charge in [0.25, 0.3) is 0 Å². The molecule has 150 valence electrons. The van der Waals surface area contributed by atoms with Crippen LogP contribution in [0.1, 0.15) is 76.3 Å². The predicted octanol–water partition coefficient (Wildman–Crippen LogP) is 5.45. The van der Waals surface area contributed by atoms with Crippen LogP contribution in [0.5, 0.6) is 0 Å². The summed E-state index contributed by atoms with van der Waals surface area (Å²) in [6.45, 7) is 6.19. The van der Waals surface area contributed by atoms with Crippen molar-refractivity contribution >= 4 is 23.5 Å². The zero-order chi connectivity index (χ0) is 19.9. The first-order valence-corrected chi connectivity index (χ1v) is 10.5. The SMILES string of the molecule is CCCCCC[C@@H]1CC(C(=O)OCC)(C(=O)OCC)Cc2ccc(Cl)cc21. The number of carbonyl (C=O) groups is 2. The molecule has 4 nitrogen and oxygen atoms in total. The number of ether oxygens (including phenoxy) is 2. The highest BCUT2D eigenvalue weighted by Gasteiger charge is 2.53. The van der Waals surface area contributed by atoms with E-state index in [1.165, 1.54) is 12.8 Å². The van der Waals surface area contributed by atoms with Gasteiger partial charge in [0.1, 0.15) is 0 Å². The van der Waals surface area contributed by atoms with Gasteiger partial charge in [0.2, 0.25) is 0 Å². The average Bonchev–Trinajstić information content (AvgIpc) is 2.65. The molecule has 1 aliphatic carbocycles. The molecule has 27 heavy (non-hydrogen) atoms. The van der Waals surface area contributed by atoms with Crippen molar-refractivity contribution in [3.63, 3.8) is 0 Å². The predicted molar refractivity (Wildman–Crippen MR) is 107 cm³/mol. The highest BCUT2D eigenvalue weighted by atomic mass is 35.5. The number of hydrogen-bond donors (Lipinski definition) is 0. The van der Waals surface area contributed by atoms with Crippen LogP contribution in [0.25, 0.3) is 0 Å². The average molecular weight is 395 g/mol. The Balaban J connectivity index is 2.39.